The van der Waals surface area contributed by atoms with Crippen LogP contribution in [0.5, 0.6) is 5.75 Å². The van der Waals surface area contributed by atoms with E-state index in [1.807, 2.05) is 12.1 Å². The van der Waals surface area contributed by atoms with Gasteiger partial charge >= 0.3 is 0 Å². The lowest BCUT2D eigenvalue weighted by Gasteiger charge is -2.40. The number of fused-ring (bicyclic) bond motifs is 2. The maximum Gasteiger partial charge on any atom is 0.253 e. The van der Waals surface area contributed by atoms with Gasteiger partial charge in [-0.1, -0.05) is 24.6 Å². The molecule has 1 heterocycles. The topological polar surface area (TPSA) is 32.8 Å². The molecule has 3 aliphatic rings. The highest BCUT2D eigenvalue weighted by atomic mass is 16.5. The van der Waals surface area contributed by atoms with Crippen LogP contribution in [-0.2, 0) is 0 Å². The zero-order chi connectivity index (χ0) is 22.2. The van der Waals surface area contributed by atoms with Crippen molar-refractivity contribution in [3.8, 4) is 16.9 Å². The van der Waals surface area contributed by atoms with Crippen molar-refractivity contribution in [1.29, 1.82) is 0 Å². The number of carbonyl (C=O) groups excluding carboxylic acids is 1. The van der Waals surface area contributed by atoms with E-state index in [4.69, 9.17) is 4.74 Å². The van der Waals surface area contributed by atoms with Crippen molar-refractivity contribution >= 4 is 5.91 Å². The van der Waals surface area contributed by atoms with Crippen LogP contribution in [-0.4, -0.2) is 56.0 Å². The molecule has 5 rings (SSSR count). The van der Waals surface area contributed by atoms with E-state index < -0.39 is 0 Å². The summed E-state index contributed by atoms with van der Waals surface area (Å²) in [7, 11) is 5.35. The van der Waals surface area contributed by atoms with Gasteiger partial charge in [-0.15, -0.1) is 0 Å². The van der Waals surface area contributed by atoms with Gasteiger partial charge in [-0.2, -0.15) is 0 Å². The summed E-state index contributed by atoms with van der Waals surface area (Å²) in [6, 6.07) is 15.4. The number of methoxy groups -OCH3 is 1. The van der Waals surface area contributed by atoms with E-state index in [1.165, 1.54) is 62.7 Å². The molecule has 3 atom stereocenters. The molecule has 2 aliphatic carbocycles. The van der Waals surface area contributed by atoms with Crippen molar-refractivity contribution in [2.24, 2.45) is 11.8 Å². The van der Waals surface area contributed by atoms with Gasteiger partial charge in [0.15, 0.2) is 0 Å². The number of nitrogens with zero attached hydrogens (tertiary/aromatic N) is 2. The van der Waals surface area contributed by atoms with E-state index >= 15 is 0 Å². The minimum absolute atomic E-state index is 0.0363. The molecule has 0 spiro atoms. The fourth-order valence-electron chi connectivity index (χ4n) is 6.50. The van der Waals surface area contributed by atoms with Crippen LogP contribution < -0.4 is 4.74 Å². The fourth-order valence-corrected chi connectivity index (χ4v) is 6.50. The number of carbonyl (C=O) groups is 1. The summed E-state index contributed by atoms with van der Waals surface area (Å²) in [5.41, 5.74) is 4.40. The third-order valence-electron chi connectivity index (χ3n) is 8.24. The lowest BCUT2D eigenvalue weighted by Crippen LogP contribution is -2.43. The molecule has 32 heavy (non-hydrogen) atoms. The van der Waals surface area contributed by atoms with E-state index in [0.29, 0.717) is 5.92 Å². The summed E-state index contributed by atoms with van der Waals surface area (Å²) in [5, 5.41) is 0. The van der Waals surface area contributed by atoms with Crippen LogP contribution in [0.15, 0.2) is 42.5 Å². The molecule has 0 N–H and O–H groups in total. The SMILES string of the molecule is COc1ccc(-c2ccc(C(=O)N(C)C)cc2)cc1C1CCN([C@H]2C[C@H]3CC[C@H]2C3)CC1. The molecular formula is C28H36N2O2. The van der Waals surface area contributed by atoms with Crippen molar-refractivity contribution in [2.75, 3.05) is 34.3 Å². The Bertz CT molecular complexity index is 960. The largest absolute Gasteiger partial charge is 0.496 e. The molecule has 3 fully saturated rings. The van der Waals surface area contributed by atoms with Gasteiger partial charge in [-0.05, 0) is 104 Å². The normalized spacial score (nSPS) is 25.8. The first-order valence-electron chi connectivity index (χ1n) is 12.3. The summed E-state index contributed by atoms with van der Waals surface area (Å²) in [4.78, 5) is 16.6. The van der Waals surface area contributed by atoms with E-state index in [9.17, 15) is 4.79 Å². The second-order valence-electron chi connectivity index (χ2n) is 10.3. The first kappa shape index (κ1) is 21.5. The van der Waals surface area contributed by atoms with E-state index in [-0.39, 0.29) is 5.91 Å². The zero-order valence-corrected chi connectivity index (χ0v) is 19.7. The van der Waals surface area contributed by atoms with Crippen LogP contribution in [0.2, 0.25) is 0 Å². The van der Waals surface area contributed by atoms with Crippen molar-refractivity contribution in [2.45, 2.75) is 50.5 Å². The number of likely N-dealkylation sites (tertiary alicyclic amines) is 1. The highest BCUT2D eigenvalue weighted by Crippen LogP contribution is 2.48. The van der Waals surface area contributed by atoms with Crippen LogP contribution in [0, 0.1) is 11.8 Å². The van der Waals surface area contributed by atoms with Crippen LogP contribution in [0.3, 0.4) is 0 Å². The molecule has 2 bridgehead atoms. The lowest BCUT2D eigenvalue weighted by atomic mass is 9.85. The average Bonchev–Trinajstić information content (AvgIpc) is 3.47. The molecule has 170 valence electrons. The number of rotatable bonds is 5. The molecule has 1 aliphatic heterocycles. The highest BCUT2D eigenvalue weighted by Gasteiger charge is 2.43. The van der Waals surface area contributed by atoms with Crippen LogP contribution in [0.25, 0.3) is 11.1 Å². The molecule has 4 heteroatoms. The molecule has 2 aromatic rings. The number of piperidine rings is 1. The first-order chi connectivity index (χ1) is 15.5. The Hall–Kier alpha value is -2.33. The maximum absolute atomic E-state index is 12.2. The Morgan fingerprint density at radius 3 is 2.25 bits per heavy atom. The molecular weight excluding hydrogens is 396 g/mol. The number of ether oxygens (including phenoxy) is 1. The monoisotopic (exact) mass is 432 g/mol. The van der Waals surface area contributed by atoms with Crippen LogP contribution in [0.4, 0.5) is 0 Å². The summed E-state index contributed by atoms with van der Waals surface area (Å²) in [6.07, 6.45) is 8.30. The van der Waals surface area contributed by atoms with E-state index in [1.54, 1.807) is 26.1 Å². The van der Waals surface area contributed by atoms with Gasteiger partial charge in [-0.25, -0.2) is 0 Å². The first-order valence-corrected chi connectivity index (χ1v) is 12.3. The Labute approximate surface area is 192 Å². The predicted octanol–water partition coefficient (Wildman–Crippen LogP) is 5.43. The molecule has 0 unspecified atom stereocenters. The van der Waals surface area contributed by atoms with Gasteiger partial charge < -0.3 is 14.5 Å². The Morgan fingerprint density at radius 1 is 0.938 bits per heavy atom. The van der Waals surface area contributed by atoms with Crippen molar-refractivity contribution < 1.29 is 9.53 Å². The highest BCUT2D eigenvalue weighted by molar-refractivity contribution is 5.94. The number of hydrogen-bond acceptors (Lipinski definition) is 3. The maximum atomic E-state index is 12.2. The van der Waals surface area contributed by atoms with Gasteiger partial charge in [0.2, 0.25) is 0 Å². The van der Waals surface area contributed by atoms with Crippen molar-refractivity contribution in [1.82, 2.24) is 9.80 Å². The summed E-state index contributed by atoms with van der Waals surface area (Å²) >= 11 is 0. The Morgan fingerprint density at radius 2 is 1.66 bits per heavy atom. The third-order valence-corrected chi connectivity index (χ3v) is 8.24. The van der Waals surface area contributed by atoms with Gasteiger partial charge in [0.05, 0.1) is 7.11 Å². The van der Waals surface area contributed by atoms with E-state index in [2.05, 4.69) is 35.2 Å². The van der Waals surface area contributed by atoms with Crippen molar-refractivity contribution in [3.63, 3.8) is 0 Å². The number of amides is 1. The van der Waals surface area contributed by atoms with Gasteiger partial charge in [-0.3, -0.25) is 4.79 Å². The molecule has 0 aromatic heterocycles. The Balaban J connectivity index is 1.31. The van der Waals surface area contributed by atoms with Crippen LogP contribution in [0.1, 0.15) is 60.4 Å². The predicted molar refractivity (Wildman–Crippen MR) is 129 cm³/mol. The van der Waals surface area contributed by atoms with Gasteiger partial charge in [0.1, 0.15) is 5.75 Å². The standard InChI is InChI=1S/C28H36N2O2/c1-29(2)28(31)22-8-6-20(7-9-22)23-10-11-27(32-3)25(18-23)21-12-14-30(15-13-21)26-17-19-4-5-24(26)16-19/h6-11,18-19,21,24,26H,4-5,12-17H2,1-3H3/t19-,24-,26-/m0/s1. The number of hydrogen-bond donors (Lipinski definition) is 0. The minimum atomic E-state index is 0.0363. The Kier molecular flexibility index (Phi) is 5.98. The molecule has 1 saturated heterocycles. The third kappa shape index (κ3) is 4.05. The fraction of sp³-hybridized carbons (Fsp3) is 0.536. The molecule has 1 amide bonds. The number of benzene rings is 2. The van der Waals surface area contributed by atoms with Gasteiger partial charge in [0, 0.05) is 25.7 Å². The molecule has 4 nitrogen and oxygen atoms in total. The average molecular weight is 433 g/mol. The minimum Gasteiger partial charge on any atom is -0.496 e. The second kappa shape index (κ2) is 8.90. The molecule has 0 radical (unpaired) electrons. The smallest absolute Gasteiger partial charge is 0.253 e. The summed E-state index contributed by atoms with van der Waals surface area (Å²) in [6.45, 7) is 2.43. The molecule has 2 aromatic carbocycles. The summed E-state index contributed by atoms with van der Waals surface area (Å²) in [5.74, 6) is 3.57. The quantitative estimate of drug-likeness (QED) is 0.631. The zero-order valence-electron chi connectivity index (χ0n) is 19.7. The lowest BCUT2D eigenvalue weighted by molar-refractivity contribution is 0.0827. The van der Waals surface area contributed by atoms with E-state index in [0.717, 1.165) is 34.8 Å². The van der Waals surface area contributed by atoms with Crippen LogP contribution >= 0.6 is 0 Å². The molecule has 2 saturated carbocycles. The van der Waals surface area contributed by atoms with Gasteiger partial charge in [0.25, 0.3) is 5.91 Å². The van der Waals surface area contributed by atoms with Crippen molar-refractivity contribution in [3.05, 3.63) is 53.6 Å². The second-order valence-corrected chi connectivity index (χ2v) is 10.3. The summed E-state index contributed by atoms with van der Waals surface area (Å²) < 4.78 is 5.77.